The molecule has 1 saturated heterocycles. The summed E-state index contributed by atoms with van der Waals surface area (Å²) in [5.41, 5.74) is 1.07. The first-order valence-electron chi connectivity index (χ1n) is 12.5. The molecule has 2 aliphatic rings. The molecule has 3 rings (SSSR count). The van der Waals surface area contributed by atoms with Crippen LogP contribution in [0.5, 0.6) is 11.5 Å². The van der Waals surface area contributed by atoms with Gasteiger partial charge in [-0.25, -0.2) is 0 Å². The topological polar surface area (TPSA) is 67.9 Å². The summed E-state index contributed by atoms with van der Waals surface area (Å²) in [6, 6.07) is 6.06. The van der Waals surface area contributed by atoms with Gasteiger partial charge in [0, 0.05) is 32.0 Å². The van der Waals surface area contributed by atoms with E-state index < -0.39 is 0 Å². The molecule has 0 atom stereocenters. The van der Waals surface area contributed by atoms with Crippen LogP contribution in [0.25, 0.3) is 0 Å². The molecule has 6 heteroatoms. The minimum Gasteiger partial charge on any atom is -0.493 e. The Hall–Kier alpha value is -2.24. The third-order valence-corrected chi connectivity index (χ3v) is 6.87. The average Bonchev–Trinajstić information content (AvgIpc) is 2.83. The second-order valence-corrected chi connectivity index (χ2v) is 9.18. The zero-order valence-corrected chi connectivity index (χ0v) is 19.9. The summed E-state index contributed by atoms with van der Waals surface area (Å²) < 4.78 is 11.0. The number of hydrogen-bond donors (Lipinski definition) is 1. The number of carbonyl (C=O) groups is 2. The lowest BCUT2D eigenvalue weighted by molar-refractivity contribution is -0.132. The van der Waals surface area contributed by atoms with Crippen molar-refractivity contribution in [2.24, 2.45) is 5.92 Å². The standard InChI is InChI=1S/C26H40N2O4/c1-3-32-23-12-9-21(19-24(23)31-2)11-14-26(30)28-17-15-22(16-18-28)27-25(29)13-10-20-7-5-4-6-8-20/h9,12,19-20,22H,3-8,10-11,13-18H2,1-2H3,(H,27,29). The summed E-state index contributed by atoms with van der Waals surface area (Å²) in [7, 11) is 1.63. The number of piperidine rings is 1. The summed E-state index contributed by atoms with van der Waals surface area (Å²) >= 11 is 0. The zero-order valence-electron chi connectivity index (χ0n) is 19.9. The molecule has 2 fully saturated rings. The average molecular weight is 445 g/mol. The SMILES string of the molecule is CCOc1ccc(CCC(=O)N2CCC(NC(=O)CCC3CCCCC3)CC2)cc1OC. The number of ether oxygens (including phenoxy) is 2. The smallest absolute Gasteiger partial charge is 0.222 e. The minimum absolute atomic E-state index is 0.180. The fourth-order valence-corrected chi connectivity index (χ4v) is 4.94. The van der Waals surface area contributed by atoms with Gasteiger partial charge in [0.1, 0.15) is 0 Å². The largest absolute Gasteiger partial charge is 0.493 e. The van der Waals surface area contributed by atoms with Crippen LogP contribution in [0.1, 0.15) is 76.7 Å². The van der Waals surface area contributed by atoms with Gasteiger partial charge in [0.05, 0.1) is 13.7 Å². The van der Waals surface area contributed by atoms with Crippen molar-refractivity contribution >= 4 is 11.8 Å². The first-order valence-corrected chi connectivity index (χ1v) is 12.5. The first-order chi connectivity index (χ1) is 15.6. The number of aryl methyl sites for hydroxylation is 1. The monoisotopic (exact) mass is 444 g/mol. The van der Waals surface area contributed by atoms with E-state index in [1.807, 2.05) is 30.0 Å². The highest BCUT2D eigenvalue weighted by Crippen LogP contribution is 2.29. The maximum absolute atomic E-state index is 12.7. The number of nitrogens with one attached hydrogen (secondary N) is 1. The molecule has 0 aromatic heterocycles. The molecule has 2 amide bonds. The molecule has 1 heterocycles. The van der Waals surface area contributed by atoms with Crippen LogP contribution in [0, 0.1) is 5.92 Å². The Balaban J connectivity index is 1.35. The Morgan fingerprint density at radius 3 is 2.47 bits per heavy atom. The number of methoxy groups -OCH3 is 1. The van der Waals surface area contributed by atoms with E-state index >= 15 is 0 Å². The molecule has 0 bridgehead atoms. The Kier molecular flexibility index (Phi) is 9.69. The molecule has 1 aromatic rings. The van der Waals surface area contributed by atoms with E-state index in [9.17, 15) is 9.59 Å². The molecule has 1 aliphatic heterocycles. The number of nitrogens with zero attached hydrogens (tertiary/aromatic N) is 1. The van der Waals surface area contributed by atoms with Gasteiger partial charge in [-0.15, -0.1) is 0 Å². The molecule has 1 N–H and O–H groups in total. The van der Waals surface area contributed by atoms with E-state index in [2.05, 4.69) is 5.32 Å². The van der Waals surface area contributed by atoms with Crippen LogP contribution in [-0.4, -0.2) is 49.6 Å². The molecule has 1 aromatic carbocycles. The lowest BCUT2D eigenvalue weighted by Gasteiger charge is -2.32. The molecule has 1 aliphatic carbocycles. The van der Waals surface area contributed by atoms with E-state index in [0.717, 1.165) is 49.6 Å². The summed E-state index contributed by atoms with van der Waals surface area (Å²) in [6.07, 6.45) is 11.1. The molecular weight excluding hydrogens is 404 g/mol. The summed E-state index contributed by atoms with van der Waals surface area (Å²) in [6.45, 7) is 3.97. The van der Waals surface area contributed by atoms with Gasteiger partial charge >= 0.3 is 0 Å². The van der Waals surface area contributed by atoms with Crippen LogP contribution >= 0.6 is 0 Å². The van der Waals surface area contributed by atoms with Crippen molar-refractivity contribution in [2.45, 2.75) is 83.6 Å². The van der Waals surface area contributed by atoms with Crippen molar-refractivity contribution < 1.29 is 19.1 Å². The highest BCUT2D eigenvalue weighted by Gasteiger charge is 2.24. The number of likely N-dealkylation sites (tertiary alicyclic amines) is 1. The molecule has 0 unspecified atom stereocenters. The van der Waals surface area contributed by atoms with Gasteiger partial charge in [0.15, 0.2) is 11.5 Å². The van der Waals surface area contributed by atoms with Crippen molar-refractivity contribution in [1.29, 1.82) is 0 Å². The van der Waals surface area contributed by atoms with Gasteiger partial charge in [-0.05, 0) is 56.2 Å². The van der Waals surface area contributed by atoms with Crippen LogP contribution in [0.4, 0.5) is 0 Å². The van der Waals surface area contributed by atoms with Crippen molar-refractivity contribution in [3.05, 3.63) is 23.8 Å². The van der Waals surface area contributed by atoms with Crippen molar-refractivity contribution in [1.82, 2.24) is 10.2 Å². The predicted octanol–water partition coefficient (Wildman–Crippen LogP) is 4.49. The fraction of sp³-hybridized carbons (Fsp3) is 0.692. The number of amides is 2. The molecule has 6 nitrogen and oxygen atoms in total. The number of rotatable bonds is 10. The predicted molar refractivity (Wildman–Crippen MR) is 126 cm³/mol. The summed E-state index contributed by atoms with van der Waals surface area (Å²) in [5, 5.41) is 3.20. The van der Waals surface area contributed by atoms with E-state index in [0.29, 0.717) is 31.6 Å². The highest BCUT2D eigenvalue weighted by molar-refractivity contribution is 5.77. The molecule has 1 saturated carbocycles. The van der Waals surface area contributed by atoms with Gasteiger partial charge in [-0.3, -0.25) is 9.59 Å². The quantitative estimate of drug-likeness (QED) is 0.577. The van der Waals surface area contributed by atoms with E-state index in [-0.39, 0.29) is 17.9 Å². The highest BCUT2D eigenvalue weighted by atomic mass is 16.5. The Labute approximate surface area is 193 Å². The minimum atomic E-state index is 0.180. The van der Waals surface area contributed by atoms with Crippen LogP contribution in [0.2, 0.25) is 0 Å². The maximum Gasteiger partial charge on any atom is 0.222 e. The second kappa shape index (κ2) is 12.7. The number of carbonyl (C=O) groups excluding carboxylic acids is 2. The van der Waals surface area contributed by atoms with Crippen molar-refractivity contribution in [2.75, 3.05) is 26.8 Å². The third kappa shape index (κ3) is 7.42. The van der Waals surface area contributed by atoms with Crippen LogP contribution in [-0.2, 0) is 16.0 Å². The fourth-order valence-electron chi connectivity index (χ4n) is 4.94. The third-order valence-electron chi connectivity index (χ3n) is 6.87. The Bertz CT molecular complexity index is 737. The Morgan fingerprint density at radius 2 is 1.78 bits per heavy atom. The first kappa shape index (κ1) is 24.4. The van der Waals surface area contributed by atoms with E-state index in [1.165, 1.54) is 32.1 Å². The molecular formula is C26H40N2O4. The van der Waals surface area contributed by atoms with Gasteiger partial charge < -0.3 is 19.7 Å². The van der Waals surface area contributed by atoms with Crippen molar-refractivity contribution in [3.8, 4) is 11.5 Å². The number of benzene rings is 1. The van der Waals surface area contributed by atoms with Crippen LogP contribution in [0.15, 0.2) is 18.2 Å². The molecule has 0 spiro atoms. The lowest BCUT2D eigenvalue weighted by atomic mass is 9.86. The number of hydrogen-bond acceptors (Lipinski definition) is 4. The molecule has 0 radical (unpaired) electrons. The maximum atomic E-state index is 12.7. The normalized spacial score (nSPS) is 17.8. The van der Waals surface area contributed by atoms with E-state index in [4.69, 9.17) is 9.47 Å². The summed E-state index contributed by atoms with van der Waals surface area (Å²) in [4.78, 5) is 27.0. The van der Waals surface area contributed by atoms with Gasteiger partial charge in [-0.2, -0.15) is 0 Å². The van der Waals surface area contributed by atoms with Gasteiger partial charge in [-0.1, -0.05) is 38.2 Å². The zero-order chi connectivity index (χ0) is 22.8. The van der Waals surface area contributed by atoms with Gasteiger partial charge in [0.2, 0.25) is 11.8 Å². The van der Waals surface area contributed by atoms with E-state index in [1.54, 1.807) is 7.11 Å². The summed E-state index contributed by atoms with van der Waals surface area (Å²) in [5.74, 6) is 2.54. The second-order valence-electron chi connectivity index (χ2n) is 9.18. The molecule has 32 heavy (non-hydrogen) atoms. The van der Waals surface area contributed by atoms with Gasteiger partial charge in [0.25, 0.3) is 0 Å². The van der Waals surface area contributed by atoms with Crippen molar-refractivity contribution in [3.63, 3.8) is 0 Å². The lowest BCUT2D eigenvalue weighted by Crippen LogP contribution is -2.46. The molecule has 178 valence electrons. The van der Waals surface area contributed by atoms with Crippen LogP contribution in [0.3, 0.4) is 0 Å². The Morgan fingerprint density at radius 1 is 1.03 bits per heavy atom. The van der Waals surface area contributed by atoms with Crippen LogP contribution < -0.4 is 14.8 Å².